The first kappa shape index (κ1) is 9.45. The van der Waals surface area contributed by atoms with Gasteiger partial charge in [-0.2, -0.15) is 0 Å². The molecule has 0 spiro atoms. The van der Waals surface area contributed by atoms with Gasteiger partial charge in [0.05, 0.1) is 5.60 Å². The fourth-order valence-corrected chi connectivity index (χ4v) is 1.34. The van der Waals surface area contributed by atoms with Crippen molar-refractivity contribution in [2.45, 2.75) is 18.9 Å². The molecule has 12 heavy (non-hydrogen) atoms. The van der Waals surface area contributed by atoms with Crippen LogP contribution in [0.25, 0.3) is 0 Å². The Morgan fingerprint density at radius 2 is 2.25 bits per heavy atom. The first-order valence-electron chi connectivity index (χ1n) is 4.12. The molecule has 0 aliphatic heterocycles. The normalized spacial score (nSPS) is 29.7. The van der Waals surface area contributed by atoms with E-state index in [9.17, 15) is 5.11 Å². The van der Waals surface area contributed by atoms with Gasteiger partial charge >= 0.3 is 0 Å². The summed E-state index contributed by atoms with van der Waals surface area (Å²) >= 11 is 0. The maximum Gasteiger partial charge on any atom is 0.0990 e. The first-order chi connectivity index (χ1) is 5.61. The topological polar surface area (TPSA) is 72.3 Å². The molecule has 0 fully saturated rings. The molecule has 1 rings (SSSR count). The average Bonchev–Trinajstić information content (AvgIpc) is 2.10. The predicted octanol–water partition coefficient (Wildman–Crippen LogP) is -0.0887. The van der Waals surface area contributed by atoms with Crippen LogP contribution >= 0.6 is 0 Å². The van der Waals surface area contributed by atoms with E-state index in [1.807, 2.05) is 13.0 Å². The van der Waals surface area contributed by atoms with Gasteiger partial charge in [0.15, 0.2) is 0 Å². The van der Waals surface area contributed by atoms with Gasteiger partial charge in [0.25, 0.3) is 0 Å². The van der Waals surface area contributed by atoms with E-state index in [2.05, 4.69) is 0 Å². The van der Waals surface area contributed by atoms with Gasteiger partial charge in [0.1, 0.15) is 0 Å². The van der Waals surface area contributed by atoms with E-state index in [0.717, 1.165) is 11.1 Å². The van der Waals surface area contributed by atoms with E-state index in [0.29, 0.717) is 13.0 Å². The summed E-state index contributed by atoms with van der Waals surface area (Å²) in [6, 6.07) is 0. The van der Waals surface area contributed by atoms with Gasteiger partial charge in [-0.1, -0.05) is 23.3 Å². The molecule has 1 aliphatic rings. The Balaban J connectivity index is 2.83. The Morgan fingerprint density at radius 3 is 2.75 bits per heavy atom. The number of allylic oxidation sites excluding steroid dienone is 2. The SMILES string of the molecule is CC1=C(CN)CC(O)(CN)C=C1. The van der Waals surface area contributed by atoms with Crippen molar-refractivity contribution in [1.82, 2.24) is 0 Å². The summed E-state index contributed by atoms with van der Waals surface area (Å²) in [7, 11) is 0. The van der Waals surface area contributed by atoms with Gasteiger partial charge in [0.2, 0.25) is 0 Å². The molecule has 0 aromatic carbocycles. The number of hydrogen-bond donors (Lipinski definition) is 3. The second-order valence-electron chi connectivity index (χ2n) is 3.31. The summed E-state index contributed by atoms with van der Waals surface area (Å²) in [6.07, 6.45) is 4.21. The van der Waals surface area contributed by atoms with Crippen molar-refractivity contribution >= 4 is 0 Å². The van der Waals surface area contributed by atoms with E-state index in [1.54, 1.807) is 6.08 Å². The summed E-state index contributed by atoms with van der Waals surface area (Å²) in [5.41, 5.74) is 12.3. The van der Waals surface area contributed by atoms with Gasteiger partial charge in [0, 0.05) is 19.5 Å². The summed E-state index contributed by atoms with van der Waals surface area (Å²) < 4.78 is 0. The van der Waals surface area contributed by atoms with E-state index in [-0.39, 0.29) is 6.54 Å². The fraction of sp³-hybridized carbons (Fsp3) is 0.556. The zero-order valence-corrected chi connectivity index (χ0v) is 7.38. The summed E-state index contributed by atoms with van der Waals surface area (Å²) in [4.78, 5) is 0. The smallest absolute Gasteiger partial charge is 0.0990 e. The molecule has 3 heteroatoms. The molecule has 0 saturated heterocycles. The standard InChI is InChI=1S/C9H16N2O/c1-7-2-3-9(12,6-11)4-8(7)5-10/h2-3,12H,4-6,10-11H2,1H3. The molecule has 1 atom stereocenters. The van der Waals surface area contributed by atoms with Crippen LogP contribution in [0, 0.1) is 0 Å². The molecule has 3 nitrogen and oxygen atoms in total. The van der Waals surface area contributed by atoms with Crippen LogP contribution < -0.4 is 11.5 Å². The molecule has 1 aliphatic carbocycles. The zero-order chi connectivity index (χ0) is 9.19. The molecule has 0 bridgehead atoms. The van der Waals surface area contributed by atoms with Crippen LogP contribution in [0.3, 0.4) is 0 Å². The minimum Gasteiger partial charge on any atom is -0.384 e. The lowest BCUT2D eigenvalue weighted by Gasteiger charge is -2.28. The van der Waals surface area contributed by atoms with Gasteiger partial charge in [-0.15, -0.1) is 0 Å². The van der Waals surface area contributed by atoms with Crippen LogP contribution in [0.2, 0.25) is 0 Å². The lowest BCUT2D eigenvalue weighted by Crippen LogP contribution is -2.38. The van der Waals surface area contributed by atoms with Crippen molar-refractivity contribution in [2.24, 2.45) is 11.5 Å². The van der Waals surface area contributed by atoms with Crippen LogP contribution in [0.1, 0.15) is 13.3 Å². The highest BCUT2D eigenvalue weighted by atomic mass is 16.3. The van der Waals surface area contributed by atoms with Crippen LogP contribution in [0.4, 0.5) is 0 Å². The Bertz CT molecular complexity index is 233. The lowest BCUT2D eigenvalue weighted by atomic mass is 9.86. The molecular formula is C9H16N2O. The third kappa shape index (κ3) is 1.75. The van der Waals surface area contributed by atoms with E-state index >= 15 is 0 Å². The van der Waals surface area contributed by atoms with Crippen molar-refractivity contribution < 1.29 is 5.11 Å². The molecule has 0 aromatic rings. The molecule has 5 N–H and O–H groups in total. The Morgan fingerprint density at radius 1 is 1.58 bits per heavy atom. The van der Waals surface area contributed by atoms with Gasteiger partial charge in [-0.3, -0.25) is 0 Å². The van der Waals surface area contributed by atoms with Gasteiger partial charge in [-0.05, 0) is 6.92 Å². The molecule has 0 aromatic heterocycles. The maximum atomic E-state index is 9.80. The summed E-state index contributed by atoms with van der Waals surface area (Å²) in [6.45, 7) is 2.74. The predicted molar refractivity (Wildman–Crippen MR) is 49.5 cm³/mol. The number of aliphatic hydroxyl groups is 1. The second kappa shape index (κ2) is 3.39. The van der Waals surface area contributed by atoms with Gasteiger partial charge < -0.3 is 16.6 Å². The van der Waals surface area contributed by atoms with Crippen LogP contribution in [-0.4, -0.2) is 23.8 Å². The Hall–Kier alpha value is -0.640. The number of nitrogens with two attached hydrogens (primary N) is 2. The molecule has 1 unspecified atom stereocenters. The Labute approximate surface area is 72.7 Å². The van der Waals surface area contributed by atoms with Crippen molar-refractivity contribution in [2.75, 3.05) is 13.1 Å². The second-order valence-corrected chi connectivity index (χ2v) is 3.31. The first-order valence-corrected chi connectivity index (χ1v) is 4.12. The largest absolute Gasteiger partial charge is 0.384 e. The monoisotopic (exact) mass is 168 g/mol. The third-order valence-corrected chi connectivity index (χ3v) is 2.32. The van der Waals surface area contributed by atoms with Crippen molar-refractivity contribution in [3.63, 3.8) is 0 Å². The van der Waals surface area contributed by atoms with E-state index in [4.69, 9.17) is 11.5 Å². The Kier molecular flexibility index (Phi) is 2.67. The van der Waals surface area contributed by atoms with Crippen molar-refractivity contribution in [1.29, 1.82) is 0 Å². The molecule has 0 saturated carbocycles. The molecule has 0 heterocycles. The lowest BCUT2D eigenvalue weighted by molar-refractivity contribution is 0.0981. The third-order valence-electron chi connectivity index (χ3n) is 2.32. The van der Waals surface area contributed by atoms with Crippen LogP contribution in [0.15, 0.2) is 23.3 Å². The fourth-order valence-electron chi connectivity index (χ4n) is 1.34. The van der Waals surface area contributed by atoms with Crippen LogP contribution in [-0.2, 0) is 0 Å². The summed E-state index contributed by atoms with van der Waals surface area (Å²) in [5, 5.41) is 9.80. The van der Waals surface area contributed by atoms with Crippen LogP contribution in [0.5, 0.6) is 0 Å². The summed E-state index contributed by atoms with van der Waals surface area (Å²) in [5.74, 6) is 0. The minimum atomic E-state index is -0.867. The highest BCUT2D eigenvalue weighted by molar-refractivity contribution is 5.33. The number of rotatable bonds is 2. The molecule has 0 radical (unpaired) electrons. The highest BCUT2D eigenvalue weighted by Crippen LogP contribution is 2.25. The highest BCUT2D eigenvalue weighted by Gasteiger charge is 2.25. The minimum absolute atomic E-state index is 0.250. The van der Waals surface area contributed by atoms with Crippen molar-refractivity contribution in [3.8, 4) is 0 Å². The number of hydrogen-bond acceptors (Lipinski definition) is 3. The zero-order valence-electron chi connectivity index (χ0n) is 7.38. The van der Waals surface area contributed by atoms with E-state index < -0.39 is 5.60 Å². The average molecular weight is 168 g/mol. The van der Waals surface area contributed by atoms with Crippen molar-refractivity contribution in [3.05, 3.63) is 23.3 Å². The molecule has 0 amide bonds. The quantitative estimate of drug-likeness (QED) is 0.539. The molecular weight excluding hydrogens is 152 g/mol. The molecule has 68 valence electrons. The maximum absolute atomic E-state index is 9.80. The van der Waals surface area contributed by atoms with Gasteiger partial charge in [-0.25, -0.2) is 0 Å². The van der Waals surface area contributed by atoms with E-state index in [1.165, 1.54) is 0 Å².